The summed E-state index contributed by atoms with van der Waals surface area (Å²) in [6, 6.07) is 0. The Hall–Kier alpha value is -2.35. The lowest BCUT2D eigenvalue weighted by atomic mass is 9.71. The summed E-state index contributed by atoms with van der Waals surface area (Å²) in [5, 5.41) is 55.0. The van der Waals surface area contributed by atoms with E-state index in [1.165, 1.54) is 0 Å². The van der Waals surface area contributed by atoms with E-state index in [-0.39, 0.29) is 43.3 Å². The predicted molar refractivity (Wildman–Crippen MR) is 224 cm³/mol. The van der Waals surface area contributed by atoms with Gasteiger partial charge in [-0.15, -0.1) is 0 Å². The second kappa shape index (κ2) is 19.2. The third kappa shape index (κ3) is 9.35. The minimum atomic E-state index is -1.86. The number of aliphatic hydroxyl groups is 5. The molecule has 348 valence electrons. The lowest BCUT2D eigenvalue weighted by Gasteiger charge is -2.48. The average molecular weight is 875 g/mol. The van der Waals surface area contributed by atoms with Crippen molar-refractivity contribution in [2.45, 2.75) is 191 Å². The van der Waals surface area contributed by atoms with Gasteiger partial charge in [0.15, 0.2) is 18.4 Å². The van der Waals surface area contributed by atoms with Crippen molar-refractivity contribution in [1.82, 2.24) is 0 Å². The van der Waals surface area contributed by atoms with Gasteiger partial charge >= 0.3 is 5.97 Å². The average Bonchev–Trinajstić information content (AvgIpc) is 3.58. The lowest BCUT2D eigenvalue weighted by molar-refractivity contribution is -0.340. The first-order valence-electron chi connectivity index (χ1n) is 22.6. The topological polar surface area (TPSA) is 201 Å². The zero-order valence-electron chi connectivity index (χ0n) is 37.6. The summed E-state index contributed by atoms with van der Waals surface area (Å²) in [5.41, 5.74) is 0.0160. The fraction of sp³-hybridized carbons (Fsp3) is 0.766. The smallest absolute Gasteiger partial charge is 0.316 e. The highest BCUT2D eigenvalue weighted by atomic mass is 16.7. The van der Waals surface area contributed by atoms with Crippen LogP contribution in [0, 0.1) is 23.7 Å². The largest absolute Gasteiger partial charge is 0.462 e. The van der Waals surface area contributed by atoms with Crippen LogP contribution >= 0.6 is 0 Å². The molecule has 4 fully saturated rings. The van der Waals surface area contributed by atoms with E-state index in [1.54, 1.807) is 33.1 Å². The summed E-state index contributed by atoms with van der Waals surface area (Å²) in [6.07, 6.45) is 2.99. The number of aliphatic hydroxyl groups excluding tert-OH is 4. The van der Waals surface area contributed by atoms with Crippen LogP contribution in [-0.2, 0) is 47.4 Å². The summed E-state index contributed by atoms with van der Waals surface area (Å²) in [6.45, 7) is 15.6. The number of fused-ring (bicyclic) bond motifs is 2. The normalized spacial score (nSPS) is 50.4. The van der Waals surface area contributed by atoms with Crippen LogP contribution in [0.2, 0.25) is 0 Å². The molecule has 4 saturated heterocycles. The van der Waals surface area contributed by atoms with Crippen LogP contribution in [0.15, 0.2) is 59.3 Å². The van der Waals surface area contributed by atoms with Crippen molar-refractivity contribution in [3.05, 3.63) is 59.3 Å². The van der Waals surface area contributed by atoms with Gasteiger partial charge in [-0.3, -0.25) is 4.79 Å². The molecule has 2 bridgehead atoms. The molecule has 15 nitrogen and oxygen atoms in total. The van der Waals surface area contributed by atoms with Crippen molar-refractivity contribution in [1.29, 1.82) is 0 Å². The van der Waals surface area contributed by atoms with Gasteiger partial charge in [0, 0.05) is 38.2 Å². The van der Waals surface area contributed by atoms with Gasteiger partial charge in [-0.2, -0.15) is 0 Å². The molecule has 7 rings (SSSR count). The summed E-state index contributed by atoms with van der Waals surface area (Å²) in [4.78, 5) is 14.3. The van der Waals surface area contributed by atoms with Crippen LogP contribution < -0.4 is 0 Å². The fourth-order valence-electron chi connectivity index (χ4n) is 10.3. The zero-order valence-corrected chi connectivity index (χ0v) is 37.6. The molecule has 5 N–H and O–H groups in total. The molecular weight excluding hydrogens is 805 g/mol. The minimum Gasteiger partial charge on any atom is -0.462 e. The summed E-state index contributed by atoms with van der Waals surface area (Å²) in [5.74, 6) is -2.71. The summed E-state index contributed by atoms with van der Waals surface area (Å²) in [7, 11) is 1.56. The molecule has 15 heteroatoms. The van der Waals surface area contributed by atoms with Crippen molar-refractivity contribution in [2.75, 3.05) is 13.7 Å². The second-order valence-corrected chi connectivity index (χ2v) is 18.9. The maximum absolute atomic E-state index is 14.3. The molecule has 6 aliphatic heterocycles. The Bertz CT molecular complexity index is 1740. The van der Waals surface area contributed by atoms with Crippen molar-refractivity contribution >= 4 is 5.97 Å². The van der Waals surface area contributed by atoms with Crippen LogP contribution in [0.5, 0.6) is 0 Å². The van der Waals surface area contributed by atoms with Gasteiger partial charge in [-0.1, -0.05) is 70.6 Å². The van der Waals surface area contributed by atoms with E-state index in [4.69, 9.17) is 42.6 Å². The van der Waals surface area contributed by atoms with Crippen LogP contribution in [0.1, 0.15) is 87.5 Å². The van der Waals surface area contributed by atoms with Crippen LogP contribution in [-0.4, -0.2) is 149 Å². The molecule has 0 saturated carbocycles. The monoisotopic (exact) mass is 874 g/mol. The number of esters is 1. The standard InChI is InChI=1S/C47H70O15/c1-10-23(2)41-26(5)16-17-46(62-41)21-32-19-31(61-46)15-14-25(4)40(24(3)12-11-13-30-22-55-43-36(48)27(6)18-33(44(52)58-32)47(30,43)53)59-35-20-34(54-9)42(29(8)56-35)60-45-39(51)38(50)37(49)28(7)57-45/h11-14,16-18,23-24,26,28-29,31-43,45,48-51,53H,10,15,19-22H2,1-9H3/b12-11+,25-14+,30-13+/t23-,24-,26-,28-,29-,31+,32-,33-,34-,35-,36+,37+,38+,39-,40-,41+,42-,43+,45+,46+,47+/m0/s1. The van der Waals surface area contributed by atoms with E-state index >= 15 is 0 Å². The Balaban J connectivity index is 1.19. The minimum absolute atomic E-state index is 0.00774. The van der Waals surface area contributed by atoms with Crippen LogP contribution in [0.3, 0.4) is 0 Å². The molecule has 6 heterocycles. The predicted octanol–water partition coefficient (Wildman–Crippen LogP) is 3.69. The van der Waals surface area contributed by atoms with Crippen LogP contribution in [0.4, 0.5) is 0 Å². The second-order valence-electron chi connectivity index (χ2n) is 18.9. The number of carbonyl (C=O) groups is 1. The molecule has 0 unspecified atom stereocenters. The first kappa shape index (κ1) is 47.6. The summed E-state index contributed by atoms with van der Waals surface area (Å²) >= 11 is 0. The van der Waals surface area contributed by atoms with E-state index in [2.05, 4.69) is 32.9 Å². The Kier molecular flexibility index (Phi) is 14.8. The highest BCUT2D eigenvalue weighted by Crippen LogP contribution is 2.47. The van der Waals surface area contributed by atoms with Crippen molar-refractivity contribution in [3.8, 4) is 0 Å². The fourth-order valence-corrected chi connectivity index (χ4v) is 10.3. The third-order valence-corrected chi connectivity index (χ3v) is 14.3. The molecule has 0 aromatic rings. The van der Waals surface area contributed by atoms with Gasteiger partial charge in [-0.05, 0) is 62.8 Å². The Morgan fingerprint density at radius 3 is 2.39 bits per heavy atom. The maximum atomic E-state index is 14.3. The number of carbonyl (C=O) groups excluding carboxylic acids is 1. The number of allylic oxidation sites excluding steroid dienone is 2. The third-order valence-electron chi connectivity index (χ3n) is 14.3. The zero-order chi connectivity index (χ0) is 44.8. The van der Waals surface area contributed by atoms with E-state index in [9.17, 15) is 30.3 Å². The maximum Gasteiger partial charge on any atom is 0.316 e. The first-order valence-corrected chi connectivity index (χ1v) is 22.6. The quantitative estimate of drug-likeness (QED) is 0.183. The van der Waals surface area contributed by atoms with Crippen molar-refractivity contribution in [2.24, 2.45) is 23.7 Å². The molecule has 1 spiro atoms. The number of methoxy groups -OCH3 is 1. The molecule has 21 atom stereocenters. The summed E-state index contributed by atoms with van der Waals surface area (Å²) < 4.78 is 57.2. The molecule has 0 aromatic carbocycles. The molecule has 0 radical (unpaired) electrons. The van der Waals surface area contributed by atoms with E-state index in [1.807, 2.05) is 39.0 Å². The van der Waals surface area contributed by atoms with Gasteiger partial charge in [0.25, 0.3) is 0 Å². The number of hydrogen-bond donors (Lipinski definition) is 5. The highest BCUT2D eigenvalue weighted by molar-refractivity contribution is 5.78. The molecule has 62 heavy (non-hydrogen) atoms. The Labute approximate surface area is 365 Å². The molecule has 7 aliphatic rings. The Morgan fingerprint density at radius 2 is 1.66 bits per heavy atom. The number of rotatable bonds is 7. The first-order chi connectivity index (χ1) is 29.4. The molecule has 0 amide bonds. The van der Waals surface area contributed by atoms with E-state index in [0.29, 0.717) is 24.0 Å². The van der Waals surface area contributed by atoms with Gasteiger partial charge in [0.05, 0.1) is 43.2 Å². The van der Waals surface area contributed by atoms with Gasteiger partial charge in [0.2, 0.25) is 0 Å². The van der Waals surface area contributed by atoms with Crippen molar-refractivity contribution < 1.29 is 73.0 Å². The van der Waals surface area contributed by atoms with Crippen LogP contribution in [0.25, 0.3) is 0 Å². The van der Waals surface area contributed by atoms with E-state index in [0.717, 1.165) is 12.0 Å². The number of hydrogen-bond acceptors (Lipinski definition) is 15. The van der Waals surface area contributed by atoms with Gasteiger partial charge in [0.1, 0.15) is 54.2 Å². The number of ether oxygens (including phenoxy) is 9. The van der Waals surface area contributed by atoms with Gasteiger partial charge < -0.3 is 68.2 Å². The molecule has 0 aromatic heterocycles. The highest BCUT2D eigenvalue weighted by Gasteiger charge is 2.60. The lowest BCUT2D eigenvalue weighted by Crippen LogP contribution is -2.60. The SMILES string of the molecule is CC[C@H](C)[C@H]1O[C@]2(C=C[C@@H]1C)C[C@@H]1C[C@@H](C/C=C(\C)[C@@H](O[C@H]3C[C@H](OC)[C@@H](O[C@H]4O[C@@H](C)[C@@H](O)[C@@H](O)[C@@H]4O)[C@H](C)O3)[C@@H](C)/C=C/C=C3\CO[C@@H]4[C@H](O)C(C)=C[C@@H](C(=O)O1)[C@]34O)O2. The van der Waals surface area contributed by atoms with Gasteiger partial charge in [-0.25, -0.2) is 0 Å². The van der Waals surface area contributed by atoms with E-state index < -0.39 is 109 Å². The molecular formula is C47H70O15. The Morgan fingerprint density at radius 1 is 0.903 bits per heavy atom. The van der Waals surface area contributed by atoms with Crippen molar-refractivity contribution in [3.63, 3.8) is 0 Å². The molecule has 1 aliphatic carbocycles.